The van der Waals surface area contributed by atoms with Crippen LogP contribution in [-0.4, -0.2) is 78.1 Å². The van der Waals surface area contributed by atoms with Gasteiger partial charge in [-0.3, -0.25) is 14.5 Å². The fourth-order valence-electron chi connectivity index (χ4n) is 6.74. The van der Waals surface area contributed by atoms with Gasteiger partial charge in [-0.2, -0.15) is 0 Å². The van der Waals surface area contributed by atoms with Crippen LogP contribution >= 0.6 is 0 Å². The van der Waals surface area contributed by atoms with Crippen molar-refractivity contribution >= 4 is 17.5 Å². The lowest BCUT2D eigenvalue weighted by molar-refractivity contribution is -0.253. The van der Waals surface area contributed by atoms with Crippen molar-refractivity contribution in [1.29, 1.82) is 0 Å². The molecule has 3 heterocycles. The number of carbonyl (C=O) groups excluding carboxylic acids is 2. The van der Waals surface area contributed by atoms with Crippen LogP contribution in [0.25, 0.3) is 0 Å². The Kier molecular flexibility index (Phi) is 12.2. The summed E-state index contributed by atoms with van der Waals surface area (Å²) in [6, 6.07) is 16.4. The number of hydrogen-bond acceptors (Lipinski definition) is 7. The molecule has 0 saturated carbocycles. The number of anilines is 1. The summed E-state index contributed by atoms with van der Waals surface area (Å²) in [5, 5.41) is 15.4. The minimum Gasteiger partial charge on any atom is -0.392 e. The van der Waals surface area contributed by atoms with Gasteiger partial charge in [0.25, 0.3) is 0 Å². The van der Waals surface area contributed by atoms with Gasteiger partial charge in [0.05, 0.1) is 18.8 Å². The van der Waals surface area contributed by atoms with Gasteiger partial charge in [0.15, 0.2) is 6.29 Å². The van der Waals surface area contributed by atoms with Gasteiger partial charge in [0.2, 0.25) is 11.8 Å². The molecule has 3 N–H and O–H groups in total. The smallest absolute Gasteiger partial charge is 0.224 e. The molecule has 9 heteroatoms. The van der Waals surface area contributed by atoms with Crippen molar-refractivity contribution in [1.82, 2.24) is 15.1 Å². The number of carbonyl (C=O) groups is 2. The highest BCUT2D eigenvalue weighted by molar-refractivity contribution is 5.90. The normalized spacial score (nSPS) is 24.4. The lowest BCUT2D eigenvalue weighted by Crippen LogP contribution is -2.45. The second kappa shape index (κ2) is 16.5. The van der Waals surface area contributed by atoms with Gasteiger partial charge in [-0.1, -0.05) is 42.8 Å². The molecule has 0 aliphatic carbocycles. The third-order valence-corrected chi connectivity index (χ3v) is 9.12. The van der Waals surface area contributed by atoms with E-state index in [4.69, 9.17) is 9.47 Å². The molecule has 3 aliphatic heterocycles. The predicted octanol–water partition coefficient (Wildman–Crippen LogP) is 4.92. The molecule has 3 fully saturated rings. The monoisotopic (exact) mass is 606 g/mol. The molecule has 5 rings (SSSR count). The van der Waals surface area contributed by atoms with Crippen LogP contribution in [0, 0.1) is 0 Å². The number of aliphatic hydroxyl groups is 1. The lowest BCUT2D eigenvalue weighted by atomic mass is 9.99. The highest BCUT2D eigenvalue weighted by Gasteiger charge is 2.36. The van der Waals surface area contributed by atoms with Crippen molar-refractivity contribution in [3.8, 4) is 0 Å². The van der Waals surface area contributed by atoms with E-state index in [9.17, 15) is 14.7 Å². The Morgan fingerprint density at radius 3 is 2.52 bits per heavy atom. The molecule has 44 heavy (non-hydrogen) atoms. The predicted molar refractivity (Wildman–Crippen MR) is 171 cm³/mol. The van der Waals surface area contributed by atoms with Crippen molar-refractivity contribution < 1.29 is 24.2 Å². The van der Waals surface area contributed by atoms with Crippen molar-refractivity contribution in [2.24, 2.45) is 0 Å². The highest BCUT2D eigenvalue weighted by atomic mass is 16.7. The summed E-state index contributed by atoms with van der Waals surface area (Å²) in [4.78, 5) is 28.9. The van der Waals surface area contributed by atoms with Crippen LogP contribution in [0.15, 0.2) is 48.5 Å². The maximum atomic E-state index is 12.7. The quantitative estimate of drug-likeness (QED) is 0.263. The molecule has 0 aromatic heterocycles. The van der Waals surface area contributed by atoms with E-state index in [0.29, 0.717) is 19.0 Å². The van der Waals surface area contributed by atoms with E-state index in [2.05, 4.69) is 32.6 Å². The Labute approximate surface area is 262 Å². The SMILES string of the molecule is CC(=O)NCCCCCC(=O)Nc1cccc(C2OC(CN3CCCC3CN3CCCC3)CC(c3ccc(CO)cc3)O2)c1. The molecule has 0 radical (unpaired) electrons. The fraction of sp³-hybridized carbons (Fsp3) is 0.600. The number of amides is 2. The number of benzene rings is 2. The van der Waals surface area contributed by atoms with Crippen LogP contribution in [-0.2, 0) is 25.7 Å². The van der Waals surface area contributed by atoms with Crippen molar-refractivity contribution in [3.05, 3.63) is 65.2 Å². The summed E-state index contributed by atoms with van der Waals surface area (Å²) >= 11 is 0. The first-order valence-electron chi connectivity index (χ1n) is 16.6. The molecule has 3 saturated heterocycles. The summed E-state index contributed by atoms with van der Waals surface area (Å²) in [6.07, 6.45) is 8.13. The second-order valence-electron chi connectivity index (χ2n) is 12.6. The third-order valence-electron chi connectivity index (χ3n) is 9.12. The van der Waals surface area contributed by atoms with E-state index in [0.717, 1.165) is 67.7 Å². The maximum absolute atomic E-state index is 12.7. The van der Waals surface area contributed by atoms with Crippen LogP contribution in [0.5, 0.6) is 0 Å². The van der Waals surface area contributed by atoms with Crippen LogP contribution in [0.4, 0.5) is 5.69 Å². The molecule has 3 aliphatic rings. The molecule has 4 atom stereocenters. The number of unbranched alkanes of at least 4 members (excludes halogenated alkanes) is 2. The van der Waals surface area contributed by atoms with Gasteiger partial charge >= 0.3 is 0 Å². The summed E-state index contributed by atoms with van der Waals surface area (Å²) in [5.74, 6) is -0.0477. The number of nitrogens with one attached hydrogen (secondary N) is 2. The topological polar surface area (TPSA) is 103 Å². The van der Waals surface area contributed by atoms with E-state index in [1.807, 2.05) is 36.4 Å². The second-order valence-corrected chi connectivity index (χ2v) is 12.6. The first kappa shape index (κ1) is 32.6. The first-order chi connectivity index (χ1) is 21.5. The summed E-state index contributed by atoms with van der Waals surface area (Å²) in [7, 11) is 0. The zero-order chi connectivity index (χ0) is 30.7. The minimum absolute atomic E-state index is 0.00573. The number of ether oxygens (including phenoxy) is 2. The number of aliphatic hydroxyl groups excluding tert-OH is 1. The molecule has 9 nitrogen and oxygen atoms in total. The van der Waals surface area contributed by atoms with Crippen LogP contribution in [0.1, 0.15) is 93.8 Å². The van der Waals surface area contributed by atoms with E-state index in [-0.39, 0.29) is 30.6 Å². The molecular formula is C35H50N4O5. The van der Waals surface area contributed by atoms with E-state index >= 15 is 0 Å². The molecule has 0 spiro atoms. The maximum Gasteiger partial charge on any atom is 0.224 e. The van der Waals surface area contributed by atoms with Crippen molar-refractivity contribution in [2.45, 2.75) is 95.9 Å². The van der Waals surface area contributed by atoms with Gasteiger partial charge in [0.1, 0.15) is 0 Å². The number of rotatable bonds is 14. The van der Waals surface area contributed by atoms with E-state index in [1.54, 1.807) is 0 Å². The number of hydrogen-bond donors (Lipinski definition) is 3. The van der Waals surface area contributed by atoms with Gasteiger partial charge < -0.3 is 30.1 Å². The number of likely N-dealkylation sites (tertiary alicyclic amines) is 2. The Balaban J connectivity index is 1.23. The van der Waals surface area contributed by atoms with Crippen molar-refractivity contribution in [3.63, 3.8) is 0 Å². The average Bonchev–Trinajstić information content (AvgIpc) is 3.71. The van der Waals surface area contributed by atoms with Crippen LogP contribution in [0.2, 0.25) is 0 Å². The average molecular weight is 607 g/mol. The van der Waals surface area contributed by atoms with E-state index in [1.165, 1.54) is 45.7 Å². The number of nitrogens with zero attached hydrogens (tertiary/aromatic N) is 2. The van der Waals surface area contributed by atoms with Gasteiger partial charge in [-0.15, -0.1) is 0 Å². The highest BCUT2D eigenvalue weighted by Crippen LogP contribution is 2.39. The van der Waals surface area contributed by atoms with Gasteiger partial charge in [0, 0.05) is 56.7 Å². The van der Waals surface area contributed by atoms with Crippen LogP contribution < -0.4 is 10.6 Å². The Morgan fingerprint density at radius 1 is 0.932 bits per heavy atom. The molecule has 4 unspecified atom stereocenters. The zero-order valence-corrected chi connectivity index (χ0v) is 26.2. The minimum atomic E-state index is -0.554. The fourth-order valence-corrected chi connectivity index (χ4v) is 6.74. The van der Waals surface area contributed by atoms with Gasteiger partial charge in [-0.05, 0) is 81.4 Å². The van der Waals surface area contributed by atoms with Gasteiger partial charge in [-0.25, -0.2) is 0 Å². The zero-order valence-electron chi connectivity index (χ0n) is 26.2. The molecule has 2 aromatic carbocycles. The van der Waals surface area contributed by atoms with Crippen LogP contribution in [0.3, 0.4) is 0 Å². The largest absolute Gasteiger partial charge is 0.392 e. The van der Waals surface area contributed by atoms with Crippen molar-refractivity contribution in [2.75, 3.05) is 44.6 Å². The standard InChI is InChI=1S/C35H50N4O5/c1-26(41)36-17-4-2-3-12-34(42)37-30-10-7-9-29(21-30)35-43-32(22-33(44-35)28-15-13-27(25-40)14-16-28)24-39-20-8-11-31(39)23-38-18-5-6-19-38/h7,9-10,13-16,21,31-33,35,40H,2-6,8,11-12,17-20,22-25H2,1H3,(H,36,41)(H,37,42). The third kappa shape index (κ3) is 9.59. The molecule has 0 bridgehead atoms. The Hall–Kier alpha value is -2.82. The molecule has 240 valence electrons. The Morgan fingerprint density at radius 2 is 1.75 bits per heavy atom. The lowest BCUT2D eigenvalue weighted by Gasteiger charge is -2.39. The summed E-state index contributed by atoms with van der Waals surface area (Å²) in [6.45, 7) is 7.75. The molecule has 2 aromatic rings. The summed E-state index contributed by atoms with van der Waals surface area (Å²) < 4.78 is 13.3. The molecular weight excluding hydrogens is 556 g/mol. The van der Waals surface area contributed by atoms with E-state index < -0.39 is 6.29 Å². The Bertz CT molecular complexity index is 1200. The summed E-state index contributed by atoms with van der Waals surface area (Å²) in [5.41, 5.74) is 3.58. The molecule has 2 amide bonds. The first-order valence-corrected chi connectivity index (χ1v) is 16.6.